The van der Waals surface area contributed by atoms with Gasteiger partial charge in [0.15, 0.2) is 0 Å². The maximum absolute atomic E-state index is 10.8. The Morgan fingerprint density at radius 1 is 1.50 bits per heavy atom. The molecular formula is C9H19NO2. The Kier molecular flexibility index (Phi) is 6.76. The van der Waals surface area contributed by atoms with Crippen molar-refractivity contribution in [1.82, 2.24) is 0 Å². The first kappa shape index (κ1) is 11.4. The van der Waals surface area contributed by atoms with E-state index in [9.17, 15) is 4.79 Å². The number of methoxy groups -OCH3 is 1. The molecule has 0 heterocycles. The standard InChI is InChI=1S/C9H19NO2/c1-3-4-5-6-8(10)7-9(11)12-2/h8H,3-7,10H2,1-2H3. The van der Waals surface area contributed by atoms with Gasteiger partial charge in [0.25, 0.3) is 0 Å². The third-order valence-electron chi connectivity index (χ3n) is 1.83. The van der Waals surface area contributed by atoms with Crippen molar-refractivity contribution >= 4 is 5.97 Å². The highest BCUT2D eigenvalue weighted by Gasteiger charge is 2.08. The zero-order valence-electron chi connectivity index (χ0n) is 8.01. The molecule has 0 aliphatic heterocycles. The van der Waals surface area contributed by atoms with Crippen LogP contribution in [-0.4, -0.2) is 19.1 Å². The fourth-order valence-corrected chi connectivity index (χ4v) is 1.06. The summed E-state index contributed by atoms with van der Waals surface area (Å²) in [4.78, 5) is 10.8. The van der Waals surface area contributed by atoms with Crippen molar-refractivity contribution in [3.05, 3.63) is 0 Å². The van der Waals surface area contributed by atoms with Crippen LogP contribution in [0.25, 0.3) is 0 Å². The van der Waals surface area contributed by atoms with Crippen LogP contribution in [0.5, 0.6) is 0 Å². The summed E-state index contributed by atoms with van der Waals surface area (Å²) in [5, 5.41) is 0. The van der Waals surface area contributed by atoms with Gasteiger partial charge >= 0.3 is 5.97 Å². The second kappa shape index (κ2) is 7.10. The van der Waals surface area contributed by atoms with Gasteiger partial charge in [-0.2, -0.15) is 0 Å². The third kappa shape index (κ3) is 6.16. The normalized spacial score (nSPS) is 12.6. The molecule has 0 aliphatic carbocycles. The van der Waals surface area contributed by atoms with Crippen LogP contribution in [0.15, 0.2) is 0 Å². The van der Waals surface area contributed by atoms with Crippen LogP contribution in [0.1, 0.15) is 39.0 Å². The molecule has 0 aliphatic rings. The minimum absolute atomic E-state index is 0.0241. The Morgan fingerprint density at radius 3 is 2.67 bits per heavy atom. The van der Waals surface area contributed by atoms with E-state index >= 15 is 0 Å². The minimum atomic E-state index is -0.209. The smallest absolute Gasteiger partial charge is 0.307 e. The number of unbranched alkanes of at least 4 members (excludes halogenated alkanes) is 2. The summed E-state index contributed by atoms with van der Waals surface area (Å²) in [6, 6.07) is -0.0241. The quantitative estimate of drug-likeness (QED) is 0.488. The zero-order valence-corrected chi connectivity index (χ0v) is 8.01. The molecule has 1 unspecified atom stereocenters. The van der Waals surface area contributed by atoms with Gasteiger partial charge in [0.1, 0.15) is 0 Å². The SMILES string of the molecule is CCCCCC(N)CC(=O)OC. The maximum Gasteiger partial charge on any atom is 0.307 e. The monoisotopic (exact) mass is 173 g/mol. The number of ether oxygens (including phenoxy) is 1. The van der Waals surface area contributed by atoms with Crippen molar-refractivity contribution in [1.29, 1.82) is 0 Å². The molecule has 1 atom stereocenters. The molecule has 72 valence electrons. The second-order valence-electron chi connectivity index (χ2n) is 3.04. The molecule has 0 aromatic heterocycles. The number of hydrogen-bond acceptors (Lipinski definition) is 3. The first-order valence-electron chi connectivity index (χ1n) is 4.53. The second-order valence-corrected chi connectivity index (χ2v) is 3.04. The molecule has 0 rings (SSSR count). The maximum atomic E-state index is 10.8. The molecule has 0 amide bonds. The van der Waals surface area contributed by atoms with E-state index in [1.54, 1.807) is 0 Å². The first-order valence-corrected chi connectivity index (χ1v) is 4.53. The van der Waals surface area contributed by atoms with Gasteiger partial charge in [0.2, 0.25) is 0 Å². The largest absolute Gasteiger partial charge is 0.469 e. The van der Waals surface area contributed by atoms with Crippen LogP contribution in [0.3, 0.4) is 0 Å². The summed E-state index contributed by atoms with van der Waals surface area (Å²) in [7, 11) is 1.39. The van der Waals surface area contributed by atoms with Crippen LogP contribution in [0.2, 0.25) is 0 Å². The molecule has 0 spiro atoms. The molecule has 0 fully saturated rings. The van der Waals surface area contributed by atoms with Crippen molar-refractivity contribution in [2.45, 2.75) is 45.1 Å². The Labute approximate surface area is 74.3 Å². The third-order valence-corrected chi connectivity index (χ3v) is 1.83. The van der Waals surface area contributed by atoms with Gasteiger partial charge in [-0.3, -0.25) is 4.79 Å². The fraction of sp³-hybridized carbons (Fsp3) is 0.889. The average Bonchev–Trinajstić information content (AvgIpc) is 2.05. The Morgan fingerprint density at radius 2 is 2.17 bits per heavy atom. The average molecular weight is 173 g/mol. The molecular weight excluding hydrogens is 154 g/mol. The van der Waals surface area contributed by atoms with Gasteiger partial charge in [-0.25, -0.2) is 0 Å². The highest BCUT2D eigenvalue weighted by molar-refractivity contribution is 5.69. The predicted molar refractivity (Wildman–Crippen MR) is 48.8 cm³/mol. The molecule has 3 nitrogen and oxygen atoms in total. The molecule has 0 saturated heterocycles. The number of nitrogens with two attached hydrogens (primary N) is 1. The van der Waals surface area contributed by atoms with Gasteiger partial charge in [-0.05, 0) is 6.42 Å². The highest BCUT2D eigenvalue weighted by atomic mass is 16.5. The van der Waals surface area contributed by atoms with E-state index < -0.39 is 0 Å². The summed E-state index contributed by atoms with van der Waals surface area (Å²) >= 11 is 0. The number of esters is 1. The molecule has 0 saturated carbocycles. The minimum Gasteiger partial charge on any atom is -0.469 e. The van der Waals surface area contributed by atoms with Crippen molar-refractivity contribution in [2.24, 2.45) is 5.73 Å². The van der Waals surface area contributed by atoms with E-state index in [1.165, 1.54) is 20.0 Å². The Hall–Kier alpha value is -0.570. The lowest BCUT2D eigenvalue weighted by Crippen LogP contribution is -2.24. The van der Waals surface area contributed by atoms with Gasteiger partial charge in [0.05, 0.1) is 13.5 Å². The van der Waals surface area contributed by atoms with Crippen molar-refractivity contribution in [2.75, 3.05) is 7.11 Å². The van der Waals surface area contributed by atoms with Crippen LogP contribution in [0.4, 0.5) is 0 Å². The fourth-order valence-electron chi connectivity index (χ4n) is 1.06. The van der Waals surface area contributed by atoms with E-state index in [1.807, 2.05) is 0 Å². The molecule has 0 radical (unpaired) electrons. The molecule has 12 heavy (non-hydrogen) atoms. The van der Waals surface area contributed by atoms with Crippen molar-refractivity contribution in [3.8, 4) is 0 Å². The summed E-state index contributed by atoms with van der Waals surface area (Å²) in [6.07, 6.45) is 4.75. The molecule has 3 heteroatoms. The molecule has 2 N–H and O–H groups in total. The zero-order chi connectivity index (χ0) is 9.40. The van der Waals surface area contributed by atoms with E-state index in [0.29, 0.717) is 6.42 Å². The van der Waals surface area contributed by atoms with Gasteiger partial charge < -0.3 is 10.5 Å². The van der Waals surface area contributed by atoms with Crippen molar-refractivity contribution in [3.63, 3.8) is 0 Å². The van der Waals surface area contributed by atoms with E-state index in [2.05, 4.69) is 11.7 Å². The Bertz CT molecular complexity index is 126. The number of hydrogen-bond donors (Lipinski definition) is 1. The van der Waals surface area contributed by atoms with Gasteiger partial charge in [-0.1, -0.05) is 26.2 Å². The van der Waals surface area contributed by atoms with Gasteiger partial charge in [-0.15, -0.1) is 0 Å². The van der Waals surface area contributed by atoms with Crippen molar-refractivity contribution < 1.29 is 9.53 Å². The number of carbonyl (C=O) groups excluding carboxylic acids is 1. The summed E-state index contributed by atoms with van der Waals surface area (Å²) in [5.41, 5.74) is 5.69. The van der Waals surface area contributed by atoms with Crippen LogP contribution < -0.4 is 5.73 Å². The van der Waals surface area contributed by atoms with Gasteiger partial charge in [0, 0.05) is 6.04 Å². The van der Waals surface area contributed by atoms with Crippen LogP contribution in [0, 0.1) is 0 Å². The molecule has 0 aromatic rings. The summed E-state index contributed by atoms with van der Waals surface area (Å²) in [5.74, 6) is -0.209. The lowest BCUT2D eigenvalue weighted by Gasteiger charge is -2.08. The Balaban J connectivity index is 3.32. The molecule has 0 bridgehead atoms. The number of rotatable bonds is 6. The van der Waals surface area contributed by atoms with Crippen LogP contribution >= 0.6 is 0 Å². The topological polar surface area (TPSA) is 52.3 Å². The molecule has 0 aromatic carbocycles. The highest BCUT2D eigenvalue weighted by Crippen LogP contribution is 2.04. The summed E-state index contributed by atoms with van der Waals surface area (Å²) < 4.78 is 4.51. The van der Waals surface area contributed by atoms with E-state index in [4.69, 9.17) is 5.73 Å². The lowest BCUT2D eigenvalue weighted by molar-refractivity contribution is -0.141. The predicted octanol–water partition coefficient (Wildman–Crippen LogP) is 1.46. The van der Waals surface area contributed by atoms with Crippen LogP contribution in [-0.2, 0) is 9.53 Å². The van der Waals surface area contributed by atoms with E-state index in [-0.39, 0.29) is 12.0 Å². The van der Waals surface area contributed by atoms with E-state index in [0.717, 1.165) is 12.8 Å². The summed E-state index contributed by atoms with van der Waals surface area (Å²) in [6.45, 7) is 2.14. The number of carbonyl (C=O) groups is 1. The first-order chi connectivity index (χ1) is 5.70. The lowest BCUT2D eigenvalue weighted by atomic mass is 10.1.